The Bertz CT molecular complexity index is 599. The molecule has 1 aromatic carbocycles. The molecule has 0 radical (unpaired) electrons. The highest BCUT2D eigenvalue weighted by molar-refractivity contribution is 6.30. The zero-order valence-electron chi connectivity index (χ0n) is 11.6. The molecule has 6 nitrogen and oxygen atoms in total. The molecule has 1 N–H and O–H groups in total. The summed E-state index contributed by atoms with van der Waals surface area (Å²) in [6, 6.07) is 5.25. The molecule has 0 bridgehead atoms. The fourth-order valence-corrected chi connectivity index (χ4v) is 2.25. The highest BCUT2D eigenvalue weighted by atomic mass is 35.5. The number of tetrazole rings is 1. The van der Waals surface area contributed by atoms with Gasteiger partial charge in [-0.3, -0.25) is 4.79 Å². The number of nitrogens with zero attached hydrogens (tertiary/aromatic N) is 4. The molecule has 20 heavy (non-hydrogen) atoms. The standard InChI is InChI=1S/C13H16ClN5O/c1-8-6-10(14)4-5-11(8)13(20)19(3)7-9(2)12-15-17-18-16-12/h4-6,9H,7H2,1-3H3,(H,15,16,17,18)/t9-/m0/s1. The van der Waals surface area contributed by atoms with Crippen molar-refractivity contribution in [2.24, 2.45) is 0 Å². The van der Waals surface area contributed by atoms with Gasteiger partial charge < -0.3 is 4.90 Å². The van der Waals surface area contributed by atoms with E-state index >= 15 is 0 Å². The highest BCUT2D eigenvalue weighted by Gasteiger charge is 2.19. The average molecular weight is 294 g/mol. The second-order valence-electron chi connectivity index (χ2n) is 4.82. The Balaban J connectivity index is 2.08. The zero-order valence-corrected chi connectivity index (χ0v) is 12.3. The van der Waals surface area contributed by atoms with Crippen LogP contribution in [-0.4, -0.2) is 45.0 Å². The average Bonchev–Trinajstić information content (AvgIpc) is 2.91. The maximum absolute atomic E-state index is 12.4. The minimum Gasteiger partial charge on any atom is -0.341 e. The van der Waals surface area contributed by atoms with E-state index in [0.717, 1.165) is 5.56 Å². The number of aromatic nitrogens is 4. The third-order valence-corrected chi connectivity index (χ3v) is 3.35. The summed E-state index contributed by atoms with van der Waals surface area (Å²) in [5, 5.41) is 14.4. The number of nitrogens with one attached hydrogen (secondary N) is 1. The number of halogens is 1. The van der Waals surface area contributed by atoms with E-state index in [2.05, 4.69) is 20.6 Å². The van der Waals surface area contributed by atoms with Gasteiger partial charge in [0.15, 0.2) is 5.82 Å². The molecule has 1 amide bonds. The van der Waals surface area contributed by atoms with Crippen LogP contribution in [0.5, 0.6) is 0 Å². The second-order valence-corrected chi connectivity index (χ2v) is 5.25. The lowest BCUT2D eigenvalue weighted by molar-refractivity contribution is 0.0786. The number of amides is 1. The first-order chi connectivity index (χ1) is 9.49. The summed E-state index contributed by atoms with van der Waals surface area (Å²) in [6.45, 7) is 4.33. The normalized spacial score (nSPS) is 12.2. The quantitative estimate of drug-likeness (QED) is 0.936. The Morgan fingerprint density at radius 2 is 2.25 bits per heavy atom. The number of likely N-dealkylation sites (N-methyl/N-ethyl adjacent to an activating group) is 1. The van der Waals surface area contributed by atoms with E-state index < -0.39 is 0 Å². The van der Waals surface area contributed by atoms with Gasteiger partial charge in [0, 0.05) is 30.1 Å². The first-order valence-corrected chi connectivity index (χ1v) is 6.61. The van der Waals surface area contributed by atoms with Gasteiger partial charge in [-0.15, -0.1) is 10.2 Å². The number of aryl methyl sites for hydroxylation is 1. The molecule has 1 aromatic heterocycles. The summed E-state index contributed by atoms with van der Waals surface area (Å²) in [6.07, 6.45) is 0. The van der Waals surface area contributed by atoms with Crippen molar-refractivity contribution < 1.29 is 4.79 Å². The van der Waals surface area contributed by atoms with Crippen LogP contribution in [0.4, 0.5) is 0 Å². The van der Waals surface area contributed by atoms with Crippen LogP contribution >= 0.6 is 11.6 Å². The van der Waals surface area contributed by atoms with Gasteiger partial charge in [-0.2, -0.15) is 5.21 Å². The fraction of sp³-hybridized carbons (Fsp3) is 0.385. The van der Waals surface area contributed by atoms with E-state index in [0.29, 0.717) is 23.0 Å². The van der Waals surface area contributed by atoms with E-state index in [4.69, 9.17) is 11.6 Å². The SMILES string of the molecule is Cc1cc(Cl)ccc1C(=O)N(C)C[C@H](C)c1nn[nH]n1. The largest absolute Gasteiger partial charge is 0.341 e. The predicted octanol–water partition coefficient (Wildman–Crippen LogP) is 2.04. The number of benzene rings is 1. The number of aromatic amines is 1. The number of rotatable bonds is 4. The fourth-order valence-electron chi connectivity index (χ4n) is 2.03. The molecule has 106 valence electrons. The predicted molar refractivity (Wildman–Crippen MR) is 75.7 cm³/mol. The van der Waals surface area contributed by atoms with Gasteiger partial charge in [0.25, 0.3) is 5.91 Å². The molecular weight excluding hydrogens is 278 g/mol. The monoisotopic (exact) mass is 293 g/mol. The van der Waals surface area contributed by atoms with Gasteiger partial charge in [-0.25, -0.2) is 0 Å². The molecule has 1 heterocycles. The van der Waals surface area contributed by atoms with Crippen molar-refractivity contribution >= 4 is 17.5 Å². The van der Waals surface area contributed by atoms with E-state index in [1.807, 2.05) is 13.8 Å². The zero-order chi connectivity index (χ0) is 14.7. The Labute approximate surface area is 122 Å². The maximum Gasteiger partial charge on any atom is 0.253 e. The van der Waals surface area contributed by atoms with Crippen LogP contribution in [0, 0.1) is 6.92 Å². The first-order valence-electron chi connectivity index (χ1n) is 6.24. The Morgan fingerprint density at radius 3 is 2.85 bits per heavy atom. The molecule has 7 heteroatoms. The van der Waals surface area contributed by atoms with Crippen molar-refractivity contribution in [1.29, 1.82) is 0 Å². The van der Waals surface area contributed by atoms with Crippen molar-refractivity contribution in [1.82, 2.24) is 25.5 Å². The van der Waals surface area contributed by atoms with Gasteiger partial charge >= 0.3 is 0 Å². The third-order valence-electron chi connectivity index (χ3n) is 3.12. The van der Waals surface area contributed by atoms with Crippen molar-refractivity contribution in [3.05, 3.63) is 40.2 Å². The van der Waals surface area contributed by atoms with Crippen LogP contribution in [0.3, 0.4) is 0 Å². The first kappa shape index (κ1) is 14.5. The Kier molecular flexibility index (Phi) is 4.34. The molecule has 0 aliphatic heterocycles. The van der Waals surface area contributed by atoms with E-state index in [9.17, 15) is 4.79 Å². The molecule has 2 rings (SSSR count). The van der Waals surface area contributed by atoms with Gasteiger partial charge in [0.2, 0.25) is 0 Å². The van der Waals surface area contributed by atoms with Crippen LogP contribution < -0.4 is 0 Å². The molecule has 0 spiro atoms. The molecule has 0 fully saturated rings. The highest BCUT2D eigenvalue weighted by Crippen LogP contribution is 2.18. The van der Waals surface area contributed by atoms with Gasteiger partial charge in [-0.1, -0.05) is 23.7 Å². The van der Waals surface area contributed by atoms with Crippen LogP contribution in [0.2, 0.25) is 5.02 Å². The number of carbonyl (C=O) groups is 1. The van der Waals surface area contributed by atoms with Crippen molar-refractivity contribution in [3.8, 4) is 0 Å². The lowest BCUT2D eigenvalue weighted by atomic mass is 10.1. The number of hydrogen-bond donors (Lipinski definition) is 1. The van der Waals surface area contributed by atoms with Crippen molar-refractivity contribution in [2.75, 3.05) is 13.6 Å². The molecular formula is C13H16ClN5O. The Hall–Kier alpha value is -1.95. The lowest BCUT2D eigenvalue weighted by Crippen LogP contribution is -2.31. The molecule has 0 aliphatic rings. The second kappa shape index (κ2) is 6.00. The van der Waals surface area contributed by atoms with E-state index in [-0.39, 0.29) is 11.8 Å². The number of hydrogen-bond acceptors (Lipinski definition) is 4. The minimum absolute atomic E-state index is 0.00954. The summed E-state index contributed by atoms with van der Waals surface area (Å²) < 4.78 is 0. The molecule has 0 unspecified atom stereocenters. The molecule has 0 aliphatic carbocycles. The minimum atomic E-state index is -0.0467. The van der Waals surface area contributed by atoms with Gasteiger partial charge in [0.05, 0.1) is 0 Å². The summed E-state index contributed by atoms with van der Waals surface area (Å²) in [4.78, 5) is 14.1. The lowest BCUT2D eigenvalue weighted by Gasteiger charge is -2.20. The summed E-state index contributed by atoms with van der Waals surface area (Å²) in [5.41, 5.74) is 1.51. The van der Waals surface area contributed by atoms with Crippen LogP contribution in [0.15, 0.2) is 18.2 Å². The molecule has 1 atom stereocenters. The van der Waals surface area contributed by atoms with Crippen molar-refractivity contribution in [2.45, 2.75) is 19.8 Å². The van der Waals surface area contributed by atoms with Crippen LogP contribution in [0.1, 0.15) is 34.6 Å². The van der Waals surface area contributed by atoms with E-state index in [1.165, 1.54) is 0 Å². The van der Waals surface area contributed by atoms with E-state index in [1.54, 1.807) is 30.1 Å². The number of H-pyrrole nitrogens is 1. The third kappa shape index (κ3) is 3.14. The van der Waals surface area contributed by atoms with Gasteiger partial charge in [0.1, 0.15) is 0 Å². The molecule has 0 saturated heterocycles. The van der Waals surface area contributed by atoms with Gasteiger partial charge in [-0.05, 0) is 30.7 Å². The number of carbonyl (C=O) groups excluding carboxylic acids is 1. The van der Waals surface area contributed by atoms with Crippen LogP contribution in [0.25, 0.3) is 0 Å². The Morgan fingerprint density at radius 1 is 1.50 bits per heavy atom. The topological polar surface area (TPSA) is 74.8 Å². The maximum atomic E-state index is 12.4. The van der Waals surface area contributed by atoms with Crippen LogP contribution in [-0.2, 0) is 0 Å². The van der Waals surface area contributed by atoms with Crippen molar-refractivity contribution in [3.63, 3.8) is 0 Å². The smallest absolute Gasteiger partial charge is 0.253 e. The summed E-state index contributed by atoms with van der Waals surface area (Å²) >= 11 is 5.90. The summed E-state index contributed by atoms with van der Waals surface area (Å²) in [7, 11) is 1.76. The summed E-state index contributed by atoms with van der Waals surface area (Å²) in [5.74, 6) is 0.558. The molecule has 2 aromatic rings. The molecule has 0 saturated carbocycles.